The molecule has 1 aliphatic carbocycles. The summed E-state index contributed by atoms with van der Waals surface area (Å²) in [6.07, 6.45) is 5.43. The number of hydrogen-bond donors (Lipinski definition) is 1. The van der Waals surface area contributed by atoms with Gasteiger partial charge in [-0.05, 0) is 42.5 Å². The number of hydrogen-bond acceptors (Lipinski definition) is 1. The molecule has 1 atom stereocenters. The fraction of sp³-hybridized carbons (Fsp3) is 0.353. The summed E-state index contributed by atoms with van der Waals surface area (Å²) in [6, 6.07) is 12.4. The number of aromatic nitrogens is 1. The zero-order valence-corrected chi connectivity index (χ0v) is 11.8. The number of benzene rings is 1. The second-order valence-electron chi connectivity index (χ2n) is 5.50. The average Bonchev–Trinajstić information content (AvgIpc) is 2.91. The van der Waals surface area contributed by atoms with E-state index in [1.165, 1.54) is 24.0 Å². The number of rotatable bonds is 3. The smallest absolute Gasteiger partial charge is 0.267 e. The first-order chi connectivity index (χ1) is 9.75. The van der Waals surface area contributed by atoms with E-state index < -0.39 is 0 Å². The Morgan fingerprint density at radius 2 is 2.15 bits per heavy atom. The van der Waals surface area contributed by atoms with Gasteiger partial charge in [-0.2, -0.15) is 0 Å². The van der Waals surface area contributed by atoms with Gasteiger partial charge in [0.25, 0.3) is 5.91 Å². The van der Waals surface area contributed by atoms with Gasteiger partial charge in [0.2, 0.25) is 0 Å². The van der Waals surface area contributed by atoms with Crippen molar-refractivity contribution in [1.82, 2.24) is 9.88 Å². The molecule has 0 bridgehead atoms. The summed E-state index contributed by atoms with van der Waals surface area (Å²) in [5, 5.41) is 3.08. The lowest BCUT2D eigenvalue weighted by atomic mass is 9.83. The van der Waals surface area contributed by atoms with Gasteiger partial charge in [0.1, 0.15) is 5.69 Å². The number of carbonyl (C=O) groups is 1. The first-order valence-electron chi connectivity index (χ1n) is 7.23. The number of amides is 1. The van der Waals surface area contributed by atoms with Gasteiger partial charge in [-0.1, -0.05) is 24.3 Å². The minimum absolute atomic E-state index is 0.0144. The van der Waals surface area contributed by atoms with E-state index in [0.717, 1.165) is 13.0 Å². The molecule has 0 radical (unpaired) electrons. The number of fused-ring (bicyclic) bond motifs is 1. The Labute approximate surface area is 119 Å². The third-order valence-corrected chi connectivity index (χ3v) is 4.18. The van der Waals surface area contributed by atoms with Gasteiger partial charge in [0.05, 0.1) is 0 Å². The van der Waals surface area contributed by atoms with Crippen LogP contribution in [0.25, 0.3) is 0 Å². The number of nitrogens with one attached hydrogen (secondary N) is 1. The van der Waals surface area contributed by atoms with Crippen LogP contribution in [-0.2, 0) is 13.5 Å². The van der Waals surface area contributed by atoms with Gasteiger partial charge in [0, 0.05) is 25.7 Å². The van der Waals surface area contributed by atoms with E-state index in [2.05, 4.69) is 29.6 Å². The zero-order chi connectivity index (χ0) is 13.9. The van der Waals surface area contributed by atoms with Crippen molar-refractivity contribution in [2.75, 3.05) is 6.54 Å². The van der Waals surface area contributed by atoms with Gasteiger partial charge in [-0.3, -0.25) is 4.79 Å². The molecule has 0 saturated carbocycles. The van der Waals surface area contributed by atoms with Gasteiger partial charge < -0.3 is 9.88 Å². The topological polar surface area (TPSA) is 34.0 Å². The Kier molecular flexibility index (Phi) is 3.59. The van der Waals surface area contributed by atoms with Crippen LogP contribution in [0.1, 0.15) is 40.4 Å². The van der Waals surface area contributed by atoms with Crippen molar-refractivity contribution >= 4 is 5.91 Å². The number of aryl methyl sites for hydroxylation is 2. The normalized spacial score (nSPS) is 17.6. The summed E-state index contributed by atoms with van der Waals surface area (Å²) in [7, 11) is 1.89. The number of nitrogens with zero attached hydrogens (tertiary/aromatic N) is 1. The summed E-state index contributed by atoms with van der Waals surface area (Å²) in [6.45, 7) is 0.723. The Morgan fingerprint density at radius 1 is 1.30 bits per heavy atom. The van der Waals surface area contributed by atoms with Crippen LogP contribution in [0.3, 0.4) is 0 Å². The molecule has 3 heteroatoms. The molecule has 1 N–H and O–H groups in total. The van der Waals surface area contributed by atoms with E-state index in [1.807, 2.05) is 29.9 Å². The molecule has 1 heterocycles. The minimum Gasteiger partial charge on any atom is -0.350 e. The number of carbonyl (C=O) groups excluding carboxylic acids is 1. The Morgan fingerprint density at radius 3 is 2.95 bits per heavy atom. The van der Waals surface area contributed by atoms with Gasteiger partial charge in [-0.15, -0.1) is 0 Å². The van der Waals surface area contributed by atoms with E-state index in [0.29, 0.717) is 11.6 Å². The van der Waals surface area contributed by atoms with E-state index in [1.54, 1.807) is 0 Å². The third-order valence-electron chi connectivity index (χ3n) is 4.18. The van der Waals surface area contributed by atoms with Crippen molar-refractivity contribution < 1.29 is 4.79 Å². The average molecular weight is 268 g/mol. The standard InChI is InChI=1S/C17H20N2O/c1-19-11-5-10-16(19)17(20)18-12-14-8-4-7-13-6-2-3-9-15(13)14/h2-3,5-6,9-11,14H,4,7-8,12H2,1H3,(H,18,20). The fourth-order valence-electron chi connectivity index (χ4n) is 3.07. The Hall–Kier alpha value is -2.03. The van der Waals surface area contributed by atoms with Crippen LogP contribution in [0.15, 0.2) is 42.6 Å². The molecular formula is C17H20N2O. The van der Waals surface area contributed by atoms with Crippen LogP contribution in [0.2, 0.25) is 0 Å². The lowest BCUT2D eigenvalue weighted by Gasteiger charge is -2.25. The highest BCUT2D eigenvalue weighted by atomic mass is 16.1. The summed E-state index contributed by atoms with van der Waals surface area (Å²) in [5.74, 6) is 0.463. The van der Waals surface area contributed by atoms with Crippen LogP contribution in [-0.4, -0.2) is 17.0 Å². The quantitative estimate of drug-likeness (QED) is 0.912. The summed E-state index contributed by atoms with van der Waals surface area (Å²) >= 11 is 0. The van der Waals surface area contributed by atoms with E-state index in [4.69, 9.17) is 0 Å². The second-order valence-corrected chi connectivity index (χ2v) is 5.50. The van der Waals surface area contributed by atoms with Crippen molar-refractivity contribution in [2.45, 2.75) is 25.2 Å². The third kappa shape index (κ3) is 2.48. The van der Waals surface area contributed by atoms with E-state index in [9.17, 15) is 4.79 Å². The van der Waals surface area contributed by atoms with Gasteiger partial charge in [0.15, 0.2) is 0 Å². The van der Waals surface area contributed by atoms with Crippen molar-refractivity contribution in [3.8, 4) is 0 Å². The molecule has 0 saturated heterocycles. The molecule has 1 amide bonds. The van der Waals surface area contributed by atoms with Crippen LogP contribution in [0.5, 0.6) is 0 Å². The maximum Gasteiger partial charge on any atom is 0.267 e. The SMILES string of the molecule is Cn1cccc1C(=O)NCC1CCCc2ccccc21. The molecule has 0 aliphatic heterocycles. The zero-order valence-electron chi connectivity index (χ0n) is 11.8. The monoisotopic (exact) mass is 268 g/mol. The lowest BCUT2D eigenvalue weighted by Crippen LogP contribution is -2.31. The van der Waals surface area contributed by atoms with Crippen LogP contribution < -0.4 is 5.32 Å². The molecule has 104 valence electrons. The highest BCUT2D eigenvalue weighted by Gasteiger charge is 2.20. The van der Waals surface area contributed by atoms with Crippen molar-refractivity contribution in [1.29, 1.82) is 0 Å². The largest absolute Gasteiger partial charge is 0.350 e. The van der Waals surface area contributed by atoms with E-state index in [-0.39, 0.29) is 5.91 Å². The second kappa shape index (κ2) is 5.53. The molecule has 20 heavy (non-hydrogen) atoms. The molecule has 1 aromatic heterocycles. The first-order valence-corrected chi connectivity index (χ1v) is 7.23. The Bertz CT molecular complexity index is 615. The van der Waals surface area contributed by atoms with Crippen LogP contribution >= 0.6 is 0 Å². The van der Waals surface area contributed by atoms with Gasteiger partial charge >= 0.3 is 0 Å². The van der Waals surface area contributed by atoms with Crippen molar-refractivity contribution in [3.05, 3.63) is 59.4 Å². The maximum absolute atomic E-state index is 12.1. The van der Waals surface area contributed by atoms with E-state index >= 15 is 0 Å². The van der Waals surface area contributed by atoms with Gasteiger partial charge in [-0.25, -0.2) is 0 Å². The summed E-state index contributed by atoms with van der Waals surface area (Å²) < 4.78 is 1.85. The fourth-order valence-corrected chi connectivity index (χ4v) is 3.07. The summed E-state index contributed by atoms with van der Waals surface area (Å²) in [4.78, 5) is 12.1. The molecule has 3 nitrogen and oxygen atoms in total. The highest BCUT2D eigenvalue weighted by molar-refractivity contribution is 5.92. The van der Waals surface area contributed by atoms with Crippen LogP contribution in [0, 0.1) is 0 Å². The highest BCUT2D eigenvalue weighted by Crippen LogP contribution is 2.30. The predicted molar refractivity (Wildman–Crippen MR) is 79.9 cm³/mol. The maximum atomic E-state index is 12.1. The molecule has 0 fully saturated rings. The first kappa shape index (κ1) is 13.0. The Balaban J connectivity index is 1.68. The molecule has 2 aromatic rings. The molecule has 3 rings (SSSR count). The summed E-state index contributed by atoms with van der Waals surface area (Å²) in [5.41, 5.74) is 3.57. The molecular weight excluding hydrogens is 248 g/mol. The predicted octanol–water partition coefficient (Wildman–Crippen LogP) is 2.88. The van der Waals surface area contributed by atoms with Crippen molar-refractivity contribution in [3.63, 3.8) is 0 Å². The molecule has 1 aliphatic rings. The molecule has 0 spiro atoms. The van der Waals surface area contributed by atoms with Crippen LogP contribution in [0.4, 0.5) is 0 Å². The minimum atomic E-state index is 0.0144. The van der Waals surface area contributed by atoms with Crippen molar-refractivity contribution in [2.24, 2.45) is 7.05 Å². The lowest BCUT2D eigenvalue weighted by molar-refractivity contribution is 0.0942. The molecule has 1 aromatic carbocycles. The molecule has 1 unspecified atom stereocenters.